The highest BCUT2D eigenvalue weighted by molar-refractivity contribution is 7.87. The zero-order chi connectivity index (χ0) is 12.9. The summed E-state index contributed by atoms with van der Waals surface area (Å²) >= 11 is 0. The fourth-order valence-corrected chi connectivity index (χ4v) is 3.06. The molecule has 7 heteroatoms. The molecule has 0 aromatic rings. The molecule has 0 radical (unpaired) electrons. The number of aliphatic hydroxyl groups is 1. The molecule has 0 bridgehead atoms. The largest absolute Gasteiger partial charge is 0.389 e. The Hall–Kier alpha value is -0.210. The molecular formula is C10H22N2O4S. The van der Waals surface area contributed by atoms with Crippen LogP contribution in [0, 0.1) is 0 Å². The minimum Gasteiger partial charge on any atom is -0.389 e. The van der Waals surface area contributed by atoms with Gasteiger partial charge in [0.25, 0.3) is 10.2 Å². The molecule has 0 amide bonds. The van der Waals surface area contributed by atoms with Crippen molar-refractivity contribution >= 4 is 10.2 Å². The predicted octanol–water partition coefficient (Wildman–Crippen LogP) is -0.296. The van der Waals surface area contributed by atoms with Gasteiger partial charge in [-0.25, -0.2) is 0 Å². The third-order valence-corrected chi connectivity index (χ3v) is 4.29. The number of hydrogen-bond acceptors (Lipinski definition) is 4. The van der Waals surface area contributed by atoms with Crippen molar-refractivity contribution in [2.45, 2.75) is 32.3 Å². The monoisotopic (exact) mass is 266 g/mol. The van der Waals surface area contributed by atoms with Crippen molar-refractivity contribution in [3.63, 3.8) is 0 Å². The highest BCUT2D eigenvalue weighted by Crippen LogP contribution is 2.11. The Labute approximate surface area is 103 Å². The van der Waals surface area contributed by atoms with Crippen LogP contribution in [-0.4, -0.2) is 56.3 Å². The Bertz CT molecular complexity index is 323. The van der Waals surface area contributed by atoms with Gasteiger partial charge in [-0.1, -0.05) is 13.3 Å². The van der Waals surface area contributed by atoms with Gasteiger partial charge in [0.15, 0.2) is 0 Å². The summed E-state index contributed by atoms with van der Waals surface area (Å²) in [7, 11) is -3.49. The number of ether oxygens (including phenoxy) is 1. The molecule has 6 nitrogen and oxygen atoms in total. The Kier molecular flexibility index (Phi) is 5.33. The fraction of sp³-hybridized carbons (Fsp3) is 1.00. The van der Waals surface area contributed by atoms with Gasteiger partial charge >= 0.3 is 0 Å². The molecule has 1 atom stereocenters. The van der Waals surface area contributed by atoms with E-state index in [1.807, 2.05) is 6.92 Å². The van der Waals surface area contributed by atoms with Crippen LogP contribution in [0.4, 0.5) is 0 Å². The Morgan fingerprint density at radius 3 is 2.53 bits per heavy atom. The van der Waals surface area contributed by atoms with E-state index in [0.717, 1.165) is 6.42 Å². The second-order valence-corrected chi connectivity index (χ2v) is 6.34. The summed E-state index contributed by atoms with van der Waals surface area (Å²) < 4.78 is 32.7. The molecular weight excluding hydrogens is 244 g/mol. The summed E-state index contributed by atoms with van der Waals surface area (Å²) in [4.78, 5) is 0. The van der Waals surface area contributed by atoms with Crippen molar-refractivity contribution in [1.82, 2.24) is 9.03 Å². The molecule has 0 saturated carbocycles. The summed E-state index contributed by atoms with van der Waals surface area (Å²) in [6, 6.07) is 0. The van der Waals surface area contributed by atoms with Crippen molar-refractivity contribution in [2.75, 3.05) is 32.8 Å². The van der Waals surface area contributed by atoms with Crippen LogP contribution in [0.1, 0.15) is 26.7 Å². The smallest absolute Gasteiger partial charge is 0.279 e. The zero-order valence-electron chi connectivity index (χ0n) is 10.5. The lowest BCUT2D eigenvalue weighted by molar-refractivity contribution is 0.0530. The standard InChI is InChI=1S/C10H22N2O4S/c1-3-4-10(2,13)9-11-17(14,15)12-5-7-16-8-6-12/h11,13H,3-9H2,1-2H3. The molecule has 102 valence electrons. The molecule has 2 N–H and O–H groups in total. The molecule has 1 aliphatic heterocycles. The summed E-state index contributed by atoms with van der Waals surface area (Å²) in [5, 5.41) is 9.91. The first-order valence-electron chi connectivity index (χ1n) is 5.92. The summed E-state index contributed by atoms with van der Waals surface area (Å²) in [6.07, 6.45) is 1.38. The third-order valence-electron chi connectivity index (χ3n) is 2.73. The van der Waals surface area contributed by atoms with Crippen LogP contribution < -0.4 is 4.72 Å². The first-order chi connectivity index (χ1) is 7.87. The van der Waals surface area contributed by atoms with E-state index >= 15 is 0 Å². The van der Waals surface area contributed by atoms with Crippen LogP contribution >= 0.6 is 0 Å². The molecule has 0 aromatic heterocycles. The minimum atomic E-state index is -3.49. The van der Waals surface area contributed by atoms with Crippen LogP contribution in [0.2, 0.25) is 0 Å². The lowest BCUT2D eigenvalue weighted by Crippen LogP contribution is -2.50. The Balaban J connectivity index is 2.49. The maximum absolute atomic E-state index is 11.9. The highest BCUT2D eigenvalue weighted by atomic mass is 32.2. The third kappa shape index (κ3) is 4.89. The van der Waals surface area contributed by atoms with Gasteiger partial charge in [-0.3, -0.25) is 0 Å². The zero-order valence-corrected chi connectivity index (χ0v) is 11.3. The van der Waals surface area contributed by atoms with E-state index in [-0.39, 0.29) is 6.54 Å². The van der Waals surface area contributed by atoms with Crippen LogP contribution in [0.3, 0.4) is 0 Å². The van der Waals surface area contributed by atoms with Gasteiger partial charge in [-0.15, -0.1) is 0 Å². The van der Waals surface area contributed by atoms with E-state index in [2.05, 4.69) is 4.72 Å². The summed E-state index contributed by atoms with van der Waals surface area (Å²) in [5.41, 5.74) is -0.992. The van der Waals surface area contributed by atoms with Gasteiger partial charge in [-0.2, -0.15) is 17.4 Å². The van der Waals surface area contributed by atoms with Gasteiger partial charge in [0.1, 0.15) is 0 Å². The van der Waals surface area contributed by atoms with Crippen molar-refractivity contribution in [3.8, 4) is 0 Å². The maximum atomic E-state index is 11.9. The van der Waals surface area contributed by atoms with E-state index in [4.69, 9.17) is 4.74 Å². The van der Waals surface area contributed by atoms with Crippen LogP contribution in [0.5, 0.6) is 0 Å². The summed E-state index contributed by atoms with van der Waals surface area (Å²) in [6.45, 7) is 5.21. The van der Waals surface area contributed by atoms with Gasteiger partial charge in [0, 0.05) is 19.6 Å². The Morgan fingerprint density at radius 2 is 2.00 bits per heavy atom. The first kappa shape index (κ1) is 14.8. The lowest BCUT2D eigenvalue weighted by Gasteiger charge is -2.28. The van der Waals surface area contributed by atoms with Crippen LogP contribution in [0.25, 0.3) is 0 Å². The number of nitrogens with zero attached hydrogens (tertiary/aromatic N) is 1. The molecule has 17 heavy (non-hydrogen) atoms. The number of rotatable bonds is 6. The number of hydrogen-bond donors (Lipinski definition) is 2. The van der Waals surface area contributed by atoms with Crippen molar-refractivity contribution in [3.05, 3.63) is 0 Å². The molecule has 0 spiro atoms. The predicted molar refractivity (Wildman–Crippen MR) is 64.8 cm³/mol. The molecule has 1 unspecified atom stereocenters. The van der Waals surface area contributed by atoms with E-state index in [0.29, 0.717) is 32.7 Å². The first-order valence-corrected chi connectivity index (χ1v) is 7.36. The molecule has 0 aromatic carbocycles. The summed E-state index contributed by atoms with van der Waals surface area (Å²) in [5.74, 6) is 0. The second-order valence-electron chi connectivity index (χ2n) is 4.58. The molecule has 1 aliphatic rings. The molecule has 1 fully saturated rings. The van der Waals surface area contributed by atoms with Gasteiger partial charge < -0.3 is 9.84 Å². The Morgan fingerprint density at radius 1 is 1.41 bits per heavy atom. The van der Waals surface area contributed by atoms with Gasteiger partial charge in [-0.05, 0) is 13.3 Å². The molecule has 0 aliphatic carbocycles. The highest BCUT2D eigenvalue weighted by Gasteiger charge is 2.27. The van der Waals surface area contributed by atoms with Gasteiger partial charge in [0.2, 0.25) is 0 Å². The van der Waals surface area contributed by atoms with Crippen molar-refractivity contribution in [2.24, 2.45) is 0 Å². The topological polar surface area (TPSA) is 78.9 Å². The van der Waals surface area contributed by atoms with E-state index < -0.39 is 15.8 Å². The lowest BCUT2D eigenvalue weighted by atomic mass is 10.0. The maximum Gasteiger partial charge on any atom is 0.279 e. The molecule has 1 rings (SSSR count). The van der Waals surface area contributed by atoms with Gasteiger partial charge in [0.05, 0.1) is 18.8 Å². The van der Waals surface area contributed by atoms with E-state index in [1.54, 1.807) is 6.92 Å². The van der Waals surface area contributed by atoms with Crippen LogP contribution in [-0.2, 0) is 14.9 Å². The van der Waals surface area contributed by atoms with Crippen LogP contribution in [0.15, 0.2) is 0 Å². The van der Waals surface area contributed by atoms with Crippen molar-refractivity contribution < 1.29 is 18.3 Å². The molecule has 1 heterocycles. The average molecular weight is 266 g/mol. The number of nitrogens with one attached hydrogen (secondary N) is 1. The minimum absolute atomic E-state index is 0.0422. The molecule has 1 saturated heterocycles. The average Bonchev–Trinajstić information content (AvgIpc) is 2.28. The SMILES string of the molecule is CCCC(C)(O)CNS(=O)(=O)N1CCOCC1. The van der Waals surface area contributed by atoms with E-state index in [9.17, 15) is 13.5 Å². The second kappa shape index (κ2) is 6.10. The fourth-order valence-electron chi connectivity index (χ4n) is 1.75. The van der Waals surface area contributed by atoms with E-state index in [1.165, 1.54) is 4.31 Å². The van der Waals surface area contributed by atoms with Crippen molar-refractivity contribution in [1.29, 1.82) is 0 Å². The quantitative estimate of drug-likeness (QED) is 0.692. The normalized spacial score (nSPS) is 22.3. The number of morpholine rings is 1.